The van der Waals surface area contributed by atoms with Gasteiger partial charge in [-0.3, -0.25) is 0 Å². The molecule has 0 saturated heterocycles. The van der Waals surface area contributed by atoms with E-state index in [0.29, 0.717) is 5.69 Å². The van der Waals surface area contributed by atoms with Gasteiger partial charge >= 0.3 is 0 Å². The van der Waals surface area contributed by atoms with Crippen LogP contribution in [-0.4, -0.2) is 26.2 Å². The summed E-state index contributed by atoms with van der Waals surface area (Å²) >= 11 is 0. The Hall–Kier alpha value is -1.11. The van der Waals surface area contributed by atoms with Crippen LogP contribution >= 0.6 is 0 Å². The molecule has 0 aliphatic rings. The van der Waals surface area contributed by atoms with Gasteiger partial charge in [-0.05, 0) is 31.0 Å². The molecule has 96 valence electrons. The van der Waals surface area contributed by atoms with Crippen LogP contribution in [0.1, 0.15) is 19.4 Å². The molecule has 0 heterocycles. The molecule has 0 radical (unpaired) electrons. The van der Waals surface area contributed by atoms with Crippen molar-refractivity contribution < 1.29 is 13.5 Å². The summed E-state index contributed by atoms with van der Waals surface area (Å²) < 4.78 is 26.1. The van der Waals surface area contributed by atoms with E-state index in [9.17, 15) is 8.42 Å². The van der Waals surface area contributed by atoms with Crippen molar-refractivity contribution in [2.24, 2.45) is 0 Å². The Morgan fingerprint density at radius 2 is 2.12 bits per heavy atom. The summed E-state index contributed by atoms with van der Waals surface area (Å²) in [6.45, 7) is 3.29. The fraction of sp³-hybridized carbons (Fsp3) is 0.455. The number of nitrogens with two attached hydrogens (primary N) is 1. The van der Waals surface area contributed by atoms with Gasteiger partial charge in [-0.2, -0.15) is 0 Å². The quantitative estimate of drug-likeness (QED) is 0.670. The van der Waals surface area contributed by atoms with Crippen LogP contribution in [0, 0.1) is 0 Å². The summed E-state index contributed by atoms with van der Waals surface area (Å²) in [4.78, 5) is 0.118. The second-order valence-electron chi connectivity index (χ2n) is 3.92. The zero-order chi connectivity index (χ0) is 13.1. The van der Waals surface area contributed by atoms with Crippen LogP contribution in [0.5, 0.6) is 0 Å². The smallest absolute Gasteiger partial charge is 0.240 e. The minimum absolute atomic E-state index is 0.118. The lowest BCUT2D eigenvalue weighted by atomic mass is 10.1. The summed E-state index contributed by atoms with van der Waals surface area (Å²) in [6, 6.07) is 4.13. The van der Waals surface area contributed by atoms with Crippen molar-refractivity contribution >= 4 is 15.7 Å². The van der Waals surface area contributed by atoms with E-state index in [-0.39, 0.29) is 11.5 Å². The molecule has 0 fully saturated rings. The Bertz CT molecular complexity index is 485. The largest absolute Gasteiger partial charge is 0.398 e. The molecule has 0 bridgehead atoms. The van der Waals surface area contributed by atoms with Gasteiger partial charge in [-0.15, -0.1) is 0 Å². The molecule has 1 rings (SSSR count). The van der Waals surface area contributed by atoms with Crippen molar-refractivity contribution in [3.8, 4) is 0 Å². The van der Waals surface area contributed by atoms with E-state index in [2.05, 4.69) is 4.72 Å². The predicted molar refractivity (Wildman–Crippen MR) is 67.1 cm³/mol. The molecule has 0 aromatic heterocycles. The van der Waals surface area contributed by atoms with Gasteiger partial charge in [-0.25, -0.2) is 13.1 Å². The van der Waals surface area contributed by atoms with Crippen molar-refractivity contribution in [1.82, 2.24) is 4.72 Å². The Morgan fingerprint density at radius 3 is 2.59 bits per heavy atom. The van der Waals surface area contributed by atoms with Crippen LogP contribution < -0.4 is 10.5 Å². The average Bonchev–Trinajstić information content (AvgIpc) is 2.28. The zero-order valence-corrected chi connectivity index (χ0v) is 10.8. The molecule has 4 N–H and O–H groups in total. The molecular weight excluding hydrogens is 240 g/mol. The molecule has 0 saturated carbocycles. The number of aliphatic hydroxyl groups is 1. The van der Waals surface area contributed by atoms with E-state index in [1.165, 1.54) is 12.1 Å². The predicted octanol–water partition coefficient (Wildman–Crippen LogP) is 0.490. The van der Waals surface area contributed by atoms with Gasteiger partial charge in [0.05, 0.1) is 11.5 Å². The van der Waals surface area contributed by atoms with E-state index >= 15 is 0 Å². The maximum atomic E-state index is 11.9. The number of anilines is 1. The first kappa shape index (κ1) is 14.0. The number of benzene rings is 1. The summed E-state index contributed by atoms with van der Waals surface area (Å²) in [5.74, 6) is 0. The Morgan fingerprint density at radius 1 is 1.47 bits per heavy atom. The monoisotopic (exact) mass is 258 g/mol. The molecule has 0 amide bonds. The molecule has 6 heteroatoms. The van der Waals surface area contributed by atoms with E-state index in [1.54, 1.807) is 13.0 Å². The van der Waals surface area contributed by atoms with Crippen molar-refractivity contribution in [3.63, 3.8) is 0 Å². The molecule has 0 aliphatic heterocycles. The van der Waals surface area contributed by atoms with Crippen LogP contribution in [0.25, 0.3) is 0 Å². The Labute approximate surface area is 102 Å². The lowest BCUT2D eigenvalue weighted by Crippen LogP contribution is -2.35. The first-order valence-electron chi connectivity index (χ1n) is 5.42. The van der Waals surface area contributed by atoms with Crippen molar-refractivity contribution in [2.75, 3.05) is 12.3 Å². The molecule has 0 aliphatic carbocycles. The van der Waals surface area contributed by atoms with E-state index in [1.807, 2.05) is 6.92 Å². The highest BCUT2D eigenvalue weighted by molar-refractivity contribution is 7.89. The normalized spacial score (nSPS) is 13.6. The van der Waals surface area contributed by atoms with Gasteiger partial charge in [0.2, 0.25) is 10.0 Å². The van der Waals surface area contributed by atoms with Gasteiger partial charge < -0.3 is 10.8 Å². The molecule has 1 aromatic rings. The van der Waals surface area contributed by atoms with Gasteiger partial charge in [-0.1, -0.05) is 13.0 Å². The topological polar surface area (TPSA) is 92.4 Å². The van der Waals surface area contributed by atoms with Crippen molar-refractivity contribution in [1.29, 1.82) is 0 Å². The van der Waals surface area contributed by atoms with E-state index in [4.69, 9.17) is 10.8 Å². The number of hydrogen-bond donors (Lipinski definition) is 3. The summed E-state index contributed by atoms with van der Waals surface area (Å²) in [5.41, 5.74) is 7.13. The van der Waals surface area contributed by atoms with Crippen LogP contribution in [0.3, 0.4) is 0 Å². The molecule has 1 aromatic carbocycles. The number of aliphatic hydroxyl groups excluding tert-OH is 1. The number of hydrogen-bond acceptors (Lipinski definition) is 4. The van der Waals surface area contributed by atoms with Crippen LogP contribution in [0.2, 0.25) is 0 Å². The number of rotatable bonds is 5. The minimum atomic E-state index is -3.61. The fourth-order valence-electron chi connectivity index (χ4n) is 1.43. The Kier molecular flexibility index (Phi) is 4.50. The third-order valence-electron chi connectivity index (χ3n) is 2.44. The number of nitrogens with one attached hydrogen (secondary N) is 1. The second-order valence-corrected chi connectivity index (χ2v) is 5.63. The standard InChI is InChI=1S/C11H18N2O3S/c1-3-9-4-5-10(6-11(9)12)17(15,16)13-8(2)7-14/h4-6,8,13-14H,3,7,12H2,1-2H3. The van der Waals surface area contributed by atoms with E-state index < -0.39 is 16.1 Å². The molecule has 0 spiro atoms. The van der Waals surface area contributed by atoms with E-state index in [0.717, 1.165) is 12.0 Å². The lowest BCUT2D eigenvalue weighted by Gasteiger charge is -2.12. The second kappa shape index (κ2) is 5.48. The third-order valence-corrected chi connectivity index (χ3v) is 4.03. The molecule has 1 atom stereocenters. The van der Waals surface area contributed by atoms with Crippen molar-refractivity contribution in [2.45, 2.75) is 31.2 Å². The highest BCUT2D eigenvalue weighted by Gasteiger charge is 2.17. The average molecular weight is 258 g/mol. The summed E-state index contributed by atoms with van der Waals surface area (Å²) in [6.07, 6.45) is 0.757. The molecular formula is C11H18N2O3S. The SMILES string of the molecule is CCc1ccc(S(=O)(=O)NC(C)CO)cc1N. The maximum absolute atomic E-state index is 11.9. The van der Waals surface area contributed by atoms with Gasteiger partial charge in [0.15, 0.2) is 0 Å². The van der Waals surface area contributed by atoms with Gasteiger partial charge in [0, 0.05) is 11.7 Å². The van der Waals surface area contributed by atoms with Crippen LogP contribution in [0.4, 0.5) is 5.69 Å². The third kappa shape index (κ3) is 3.42. The molecule has 5 nitrogen and oxygen atoms in total. The summed E-state index contributed by atoms with van der Waals surface area (Å²) in [5, 5.41) is 8.83. The Balaban J connectivity index is 3.04. The maximum Gasteiger partial charge on any atom is 0.240 e. The van der Waals surface area contributed by atoms with Gasteiger partial charge in [0.1, 0.15) is 0 Å². The highest BCUT2D eigenvalue weighted by Crippen LogP contribution is 2.18. The molecule has 17 heavy (non-hydrogen) atoms. The minimum Gasteiger partial charge on any atom is -0.398 e. The van der Waals surface area contributed by atoms with Crippen molar-refractivity contribution in [3.05, 3.63) is 23.8 Å². The summed E-state index contributed by atoms with van der Waals surface area (Å²) in [7, 11) is -3.61. The number of nitrogen functional groups attached to an aromatic ring is 1. The first-order valence-corrected chi connectivity index (χ1v) is 6.90. The van der Waals surface area contributed by atoms with Gasteiger partial charge in [0.25, 0.3) is 0 Å². The fourth-order valence-corrected chi connectivity index (χ4v) is 2.70. The highest BCUT2D eigenvalue weighted by atomic mass is 32.2. The number of aryl methyl sites for hydroxylation is 1. The zero-order valence-electron chi connectivity index (χ0n) is 9.97. The van der Waals surface area contributed by atoms with Crippen LogP contribution in [-0.2, 0) is 16.4 Å². The number of sulfonamides is 1. The van der Waals surface area contributed by atoms with Crippen LogP contribution in [0.15, 0.2) is 23.1 Å². The molecule has 1 unspecified atom stereocenters. The lowest BCUT2D eigenvalue weighted by molar-refractivity contribution is 0.265. The first-order chi connectivity index (χ1) is 7.90.